The fourth-order valence-electron chi connectivity index (χ4n) is 9.34. The van der Waals surface area contributed by atoms with E-state index >= 15 is 0 Å². The second kappa shape index (κ2) is 12.0. The van der Waals surface area contributed by atoms with E-state index in [9.17, 15) is 0 Å². The van der Waals surface area contributed by atoms with Crippen LogP contribution in [0.25, 0.3) is 55.3 Å². The summed E-state index contributed by atoms with van der Waals surface area (Å²) in [6.07, 6.45) is 0. The van der Waals surface area contributed by atoms with Crippen molar-refractivity contribution in [1.29, 1.82) is 0 Å². The van der Waals surface area contributed by atoms with Crippen LogP contribution in [-0.4, -0.2) is 0 Å². The van der Waals surface area contributed by atoms with E-state index in [1.807, 2.05) is 0 Å². The molecule has 0 aliphatic heterocycles. The zero-order valence-electron chi connectivity index (χ0n) is 29.7. The normalized spacial score (nSPS) is 13.0. The number of benzene rings is 9. The molecule has 1 nitrogen and oxygen atoms in total. The number of hydrogen-bond donors (Lipinski definition) is 0. The Morgan fingerprint density at radius 3 is 1.35 bits per heavy atom. The van der Waals surface area contributed by atoms with Gasteiger partial charge in [-0.2, -0.15) is 0 Å². The number of rotatable bonds is 5. The van der Waals surface area contributed by atoms with Crippen LogP contribution in [0.1, 0.15) is 22.3 Å². The Balaban J connectivity index is 1.04. The summed E-state index contributed by atoms with van der Waals surface area (Å²) in [6.45, 7) is 0. The first-order valence-electron chi connectivity index (χ1n) is 18.8. The van der Waals surface area contributed by atoms with Crippen LogP contribution in [0.15, 0.2) is 212 Å². The van der Waals surface area contributed by atoms with Crippen molar-refractivity contribution in [2.75, 3.05) is 4.90 Å². The van der Waals surface area contributed by atoms with Gasteiger partial charge in [-0.05, 0) is 109 Å². The maximum atomic E-state index is 2.47. The molecule has 0 unspecified atom stereocenters. The van der Waals surface area contributed by atoms with Crippen molar-refractivity contribution in [3.05, 3.63) is 235 Å². The Morgan fingerprint density at radius 1 is 0.296 bits per heavy atom. The average molecular weight is 686 g/mol. The molecular formula is C53H35N. The van der Waals surface area contributed by atoms with Crippen LogP contribution in [0.5, 0.6) is 0 Å². The Kier molecular flexibility index (Phi) is 6.84. The van der Waals surface area contributed by atoms with E-state index in [-0.39, 0.29) is 5.41 Å². The summed E-state index contributed by atoms with van der Waals surface area (Å²) in [4.78, 5) is 2.39. The van der Waals surface area contributed by atoms with Gasteiger partial charge in [0.1, 0.15) is 0 Å². The van der Waals surface area contributed by atoms with Gasteiger partial charge < -0.3 is 4.90 Å². The van der Waals surface area contributed by atoms with E-state index in [4.69, 9.17) is 0 Å². The third kappa shape index (κ3) is 4.45. The number of hydrogen-bond acceptors (Lipinski definition) is 1. The van der Waals surface area contributed by atoms with Crippen molar-refractivity contribution in [2.24, 2.45) is 0 Å². The molecule has 54 heavy (non-hydrogen) atoms. The molecule has 2 aliphatic rings. The second-order valence-corrected chi connectivity index (χ2v) is 14.4. The molecule has 2 aliphatic carbocycles. The highest BCUT2D eigenvalue weighted by Crippen LogP contribution is 2.63. The lowest BCUT2D eigenvalue weighted by Crippen LogP contribution is -2.25. The quantitative estimate of drug-likeness (QED) is 0.174. The lowest BCUT2D eigenvalue weighted by atomic mass is 9.70. The molecule has 252 valence electrons. The van der Waals surface area contributed by atoms with Crippen LogP contribution in [0, 0.1) is 0 Å². The molecule has 0 fully saturated rings. The highest BCUT2D eigenvalue weighted by Gasteiger charge is 2.51. The van der Waals surface area contributed by atoms with Crippen molar-refractivity contribution in [2.45, 2.75) is 5.41 Å². The molecule has 0 heterocycles. The van der Waals surface area contributed by atoms with Crippen LogP contribution in [0.2, 0.25) is 0 Å². The number of nitrogens with zero attached hydrogens (tertiary/aromatic N) is 1. The summed E-state index contributed by atoms with van der Waals surface area (Å²) in [5.41, 5.74) is 18.6. The number of fused-ring (bicyclic) bond motifs is 11. The van der Waals surface area contributed by atoms with Crippen LogP contribution >= 0.6 is 0 Å². The van der Waals surface area contributed by atoms with Crippen LogP contribution in [-0.2, 0) is 5.41 Å². The first kappa shape index (κ1) is 30.6. The summed E-state index contributed by atoms with van der Waals surface area (Å²) in [7, 11) is 0. The van der Waals surface area contributed by atoms with Gasteiger partial charge in [-0.25, -0.2) is 0 Å². The molecule has 0 saturated heterocycles. The second-order valence-electron chi connectivity index (χ2n) is 14.4. The minimum absolute atomic E-state index is 0.355. The molecule has 1 spiro atoms. The SMILES string of the molecule is c1ccc(-c2ccc(N(c3ccc(-c4ccc5c(c4)C4(c6ccccc6-c6ccccc64)c4ccccc4-5)cc3)c3cccc4ccccc34)cc2)cc1. The van der Waals surface area contributed by atoms with Gasteiger partial charge in [0.15, 0.2) is 0 Å². The van der Waals surface area contributed by atoms with E-state index in [0.717, 1.165) is 17.1 Å². The first-order chi connectivity index (χ1) is 26.8. The summed E-state index contributed by atoms with van der Waals surface area (Å²) in [6, 6.07) is 78.1. The maximum Gasteiger partial charge on any atom is 0.0725 e. The highest BCUT2D eigenvalue weighted by atomic mass is 15.1. The molecule has 0 saturated carbocycles. The smallest absolute Gasteiger partial charge is 0.0725 e. The van der Waals surface area contributed by atoms with Gasteiger partial charge >= 0.3 is 0 Å². The Hall–Kier alpha value is -6.96. The lowest BCUT2D eigenvalue weighted by Gasteiger charge is -2.30. The van der Waals surface area contributed by atoms with Crippen LogP contribution in [0.3, 0.4) is 0 Å². The molecule has 0 bridgehead atoms. The monoisotopic (exact) mass is 685 g/mol. The topological polar surface area (TPSA) is 3.24 Å². The van der Waals surface area contributed by atoms with Gasteiger partial charge in [-0.15, -0.1) is 0 Å². The first-order valence-corrected chi connectivity index (χ1v) is 18.8. The molecule has 0 radical (unpaired) electrons. The number of anilines is 3. The van der Waals surface area contributed by atoms with E-state index in [1.54, 1.807) is 0 Å². The van der Waals surface area contributed by atoms with Gasteiger partial charge in [0.25, 0.3) is 0 Å². The molecular weight excluding hydrogens is 651 g/mol. The predicted octanol–water partition coefficient (Wildman–Crippen LogP) is 14.0. The van der Waals surface area contributed by atoms with Crippen LogP contribution in [0.4, 0.5) is 17.1 Å². The third-order valence-electron chi connectivity index (χ3n) is 11.7. The molecule has 0 N–H and O–H groups in total. The van der Waals surface area contributed by atoms with E-state index in [1.165, 1.54) is 77.5 Å². The van der Waals surface area contributed by atoms with Gasteiger partial charge in [0.05, 0.1) is 11.1 Å². The Morgan fingerprint density at radius 2 is 0.741 bits per heavy atom. The summed E-state index contributed by atoms with van der Waals surface area (Å²) < 4.78 is 0. The molecule has 11 rings (SSSR count). The zero-order chi connectivity index (χ0) is 35.6. The van der Waals surface area contributed by atoms with E-state index < -0.39 is 0 Å². The molecule has 0 amide bonds. The molecule has 0 atom stereocenters. The van der Waals surface area contributed by atoms with Gasteiger partial charge in [0.2, 0.25) is 0 Å². The molecule has 9 aromatic carbocycles. The molecule has 1 heteroatoms. The maximum absolute atomic E-state index is 2.47. The van der Waals surface area contributed by atoms with Crippen molar-refractivity contribution in [3.8, 4) is 44.5 Å². The molecule has 0 aromatic heterocycles. The fourth-order valence-corrected chi connectivity index (χ4v) is 9.34. The Labute approximate surface area is 316 Å². The van der Waals surface area contributed by atoms with Gasteiger partial charge in [-0.3, -0.25) is 0 Å². The standard InChI is InChI=1S/C53H35N/c1-2-13-36(14-3-1)37-25-30-41(31-26-37)54(52-24-12-16-39-15-4-5-17-43(39)52)42-32-27-38(28-33-42)40-29-34-47-46-20-8-11-23-50(46)53(51(47)35-40)48-21-9-6-18-44(48)45-19-7-10-22-49(45)53/h1-35H. The zero-order valence-corrected chi connectivity index (χ0v) is 29.7. The van der Waals surface area contributed by atoms with Crippen molar-refractivity contribution in [3.63, 3.8) is 0 Å². The highest BCUT2D eigenvalue weighted by molar-refractivity contribution is 6.00. The van der Waals surface area contributed by atoms with Crippen molar-refractivity contribution < 1.29 is 0 Å². The van der Waals surface area contributed by atoms with Crippen molar-refractivity contribution >= 4 is 27.8 Å². The van der Waals surface area contributed by atoms with Crippen molar-refractivity contribution in [1.82, 2.24) is 0 Å². The predicted molar refractivity (Wildman–Crippen MR) is 226 cm³/mol. The largest absolute Gasteiger partial charge is 0.310 e. The van der Waals surface area contributed by atoms with Gasteiger partial charge in [0, 0.05) is 16.8 Å². The summed E-state index contributed by atoms with van der Waals surface area (Å²) >= 11 is 0. The van der Waals surface area contributed by atoms with Crippen LogP contribution < -0.4 is 4.90 Å². The summed E-state index contributed by atoms with van der Waals surface area (Å²) in [5.74, 6) is 0. The van der Waals surface area contributed by atoms with E-state index in [0.29, 0.717) is 0 Å². The third-order valence-corrected chi connectivity index (χ3v) is 11.7. The van der Waals surface area contributed by atoms with E-state index in [2.05, 4.69) is 217 Å². The fraction of sp³-hybridized carbons (Fsp3) is 0.0189. The average Bonchev–Trinajstić information content (AvgIpc) is 3.72. The minimum Gasteiger partial charge on any atom is -0.310 e. The summed E-state index contributed by atoms with van der Waals surface area (Å²) in [5, 5.41) is 2.44. The molecule has 9 aromatic rings. The Bertz CT molecular complexity index is 2800. The minimum atomic E-state index is -0.355. The van der Waals surface area contributed by atoms with Gasteiger partial charge in [-0.1, -0.05) is 176 Å². The lowest BCUT2D eigenvalue weighted by molar-refractivity contribution is 0.794.